The molecule has 0 unspecified atom stereocenters. The van der Waals surface area contributed by atoms with Crippen LogP contribution in [0.5, 0.6) is 5.75 Å². The molecule has 10 heteroatoms. The molecular formula is C20H25N7O3. The number of carbonyl (C=O) groups is 1. The molecule has 0 radical (unpaired) electrons. The van der Waals surface area contributed by atoms with Crippen molar-refractivity contribution in [2.24, 2.45) is 0 Å². The fourth-order valence-electron chi connectivity index (χ4n) is 4.18. The predicted octanol–water partition coefficient (Wildman–Crippen LogP) is 0.580. The maximum absolute atomic E-state index is 13.0. The van der Waals surface area contributed by atoms with Crippen LogP contribution in [0.2, 0.25) is 0 Å². The summed E-state index contributed by atoms with van der Waals surface area (Å²) in [6, 6.07) is 6.00. The van der Waals surface area contributed by atoms with Gasteiger partial charge in [0.15, 0.2) is 5.82 Å². The molecule has 1 aromatic carbocycles. The molecule has 158 valence electrons. The standard InChI is InChI=1S/C20H25N7O3/c1-29-14-2-3-17-15(10-14)16-11-26(5-4-18(16)21-17)20(28)13-27-19(22-23-24-27)12-25-6-8-30-9-7-25/h2-3,10,21H,4-9,11-13H2,1H3. The number of nitrogens with zero attached hydrogens (tertiary/aromatic N) is 6. The second-order valence-electron chi connectivity index (χ2n) is 7.70. The first-order valence-corrected chi connectivity index (χ1v) is 10.2. The lowest BCUT2D eigenvalue weighted by Gasteiger charge is -2.28. The second-order valence-corrected chi connectivity index (χ2v) is 7.70. The van der Waals surface area contributed by atoms with Crippen molar-refractivity contribution in [3.63, 3.8) is 0 Å². The van der Waals surface area contributed by atoms with E-state index in [1.54, 1.807) is 11.8 Å². The Labute approximate surface area is 173 Å². The predicted molar refractivity (Wildman–Crippen MR) is 108 cm³/mol. The number of amides is 1. The highest BCUT2D eigenvalue weighted by molar-refractivity contribution is 5.87. The van der Waals surface area contributed by atoms with Crippen LogP contribution in [0.4, 0.5) is 0 Å². The van der Waals surface area contributed by atoms with Gasteiger partial charge in [0, 0.05) is 54.8 Å². The Bertz CT molecular complexity index is 1050. The Morgan fingerprint density at radius 1 is 1.27 bits per heavy atom. The zero-order chi connectivity index (χ0) is 20.5. The Morgan fingerprint density at radius 3 is 2.97 bits per heavy atom. The maximum atomic E-state index is 13.0. The van der Waals surface area contributed by atoms with Crippen LogP contribution in [-0.4, -0.2) is 80.9 Å². The summed E-state index contributed by atoms with van der Waals surface area (Å²) in [6.45, 7) is 5.14. The molecular weight excluding hydrogens is 386 g/mol. The zero-order valence-electron chi connectivity index (χ0n) is 17.0. The van der Waals surface area contributed by atoms with E-state index < -0.39 is 0 Å². The average Bonchev–Trinajstić information content (AvgIpc) is 3.37. The first-order valence-electron chi connectivity index (χ1n) is 10.2. The summed E-state index contributed by atoms with van der Waals surface area (Å²) in [7, 11) is 1.66. The number of nitrogens with one attached hydrogen (secondary N) is 1. The van der Waals surface area contributed by atoms with E-state index in [2.05, 4.69) is 25.4 Å². The number of rotatable bonds is 5. The number of hydrogen-bond acceptors (Lipinski definition) is 7. The highest BCUT2D eigenvalue weighted by atomic mass is 16.5. The molecule has 0 atom stereocenters. The van der Waals surface area contributed by atoms with Gasteiger partial charge in [-0.05, 0) is 28.6 Å². The van der Waals surface area contributed by atoms with Gasteiger partial charge in [0.1, 0.15) is 12.3 Å². The molecule has 0 spiro atoms. The van der Waals surface area contributed by atoms with Crippen molar-refractivity contribution in [1.82, 2.24) is 35.0 Å². The monoisotopic (exact) mass is 411 g/mol. The van der Waals surface area contributed by atoms with E-state index in [0.29, 0.717) is 38.7 Å². The van der Waals surface area contributed by atoms with Gasteiger partial charge in [0.2, 0.25) is 5.91 Å². The van der Waals surface area contributed by atoms with E-state index in [-0.39, 0.29) is 12.5 Å². The van der Waals surface area contributed by atoms with Crippen LogP contribution >= 0.6 is 0 Å². The third kappa shape index (κ3) is 3.63. The number of H-pyrrole nitrogens is 1. The summed E-state index contributed by atoms with van der Waals surface area (Å²) >= 11 is 0. The Balaban J connectivity index is 1.30. The number of fused-ring (bicyclic) bond motifs is 3. The molecule has 1 N–H and O–H groups in total. The van der Waals surface area contributed by atoms with Crippen molar-refractivity contribution in [3.05, 3.63) is 35.3 Å². The lowest BCUT2D eigenvalue weighted by Crippen LogP contribution is -2.39. The van der Waals surface area contributed by atoms with Gasteiger partial charge in [-0.15, -0.1) is 5.10 Å². The van der Waals surface area contributed by atoms with Gasteiger partial charge in [0.05, 0.1) is 26.9 Å². The SMILES string of the molecule is COc1ccc2[nH]c3c(c2c1)CN(C(=O)Cn1nnnc1CN1CCOCC1)CC3. The van der Waals surface area contributed by atoms with E-state index >= 15 is 0 Å². The van der Waals surface area contributed by atoms with Gasteiger partial charge in [-0.2, -0.15) is 0 Å². The Kier molecular flexibility index (Phi) is 5.09. The van der Waals surface area contributed by atoms with E-state index in [0.717, 1.165) is 41.7 Å². The van der Waals surface area contributed by atoms with E-state index in [9.17, 15) is 4.79 Å². The third-order valence-electron chi connectivity index (χ3n) is 5.89. The largest absolute Gasteiger partial charge is 0.497 e. The van der Waals surface area contributed by atoms with Crippen molar-refractivity contribution in [1.29, 1.82) is 0 Å². The van der Waals surface area contributed by atoms with E-state index in [1.165, 1.54) is 5.69 Å². The summed E-state index contributed by atoms with van der Waals surface area (Å²) in [6.07, 6.45) is 0.800. The van der Waals surface area contributed by atoms with Crippen molar-refractivity contribution in [3.8, 4) is 5.75 Å². The number of aromatic nitrogens is 5. The maximum Gasteiger partial charge on any atom is 0.244 e. The number of methoxy groups -OCH3 is 1. The third-order valence-corrected chi connectivity index (χ3v) is 5.89. The number of aromatic amines is 1. The van der Waals surface area contributed by atoms with E-state index in [1.807, 2.05) is 23.1 Å². The van der Waals surface area contributed by atoms with Crippen LogP contribution < -0.4 is 4.74 Å². The number of tetrazole rings is 1. The van der Waals surface area contributed by atoms with Gasteiger partial charge in [-0.25, -0.2) is 4.68 Å². The van der Waals surface area contributed by atoms with Gasteiger partial charge >= 0.3 is 0 Å². The lowest BCUT2D eigenvalue weighted by molar-refractivity contribution is -0.133. The average molecular weight is 411 g/mol. The molecule has 30 heavy (non-hydrogen) atoms. The minimum atomic E-state index is 0.0217. The fraction of sp³-hybridized carbons (Fsp3) is 0.500. The molecule has 1 fully saturated rings. The first-order chi connectivity index (χ1) is 14.7. The number of ether oxygens (including phenoxy) is 2. The van der Waals surface area contributed by atoms with Crippen LogP contribution in [0.1, 0.15) is 17.1 Å². The van der Waals surface area contributed by atoms with Crippen molar-refractivity contribution in [2.45, 2.75) is 26.1 Å². The summed E-state index contributed by atoms with van der Waals surface area (Å²) < 4.78 is 12.4. The molecule has 2 aromatic heterocycles. The molecule has 10 nitrogen and oxygen atoms in total. The molecule has 2 aliphatic rings. The molecule has 1 amide bonds. The molecule has 0 saturated carbocycles. The molecule has 0 aliphatic carbocycles. The second kappa shape index (κ2) is 8.04. The quantitative estimate of drug-likeness (QED) is 0.655. The van der Waals surface area contributed by atoms with Crippen molar-refractivity contribution >= 4 is 16.8 Å². The van der Waals surface area contributed by atoms with Gasteiger partial charge in [-0.1, -0.05) is 0 Å². The Morgan fingerprint density at radius 2 is 2.13 bits per heavy atom. The Hall–Kier alpha value is -2.98. The first kappa shape index (κ1) is 19.0. The zero-order valence-corrected chi connectivity index (χ0v) is 17.0. The summed E-state index contributed by atoms with van der Waals surface area (Å²) in [5.41, 5.74) is 3.43. The normalized spacial score (nSPS) is 17.3. The van der Waals surface area contributed by atoms with E-state index in [4.69, 9.17) is 9.47 Å². The number of morpholine rings is 1. The van der Waals surface area contributed by atoms with Crippen LogP contribution in [0.25, 0.3) is 10.9 Å². The number of carbonyl (C=O) groups excluding carboxylic acids is 1. The summed E-state index contributed by atoms with van der Waals surface area (Å²) in [4.78, 5) is 20.6. The van der Waals surface area contributed by atoms with Crippen molar-refractivity contribution in [2.75, 3.05) is 40.0 Å². The molecule has 3 aromatic rings. The minimum absolute atomic E-state index is 0.0217. The van der Waals surface area contributed by atoms with Crippen LogP contribution in [-0.2, 0) is 35.6 Å². The highest BCUT2D eigenvalue weighted by Gasteiger charge is 2.25. The van der Waals surface area contributed by atoms with Crippen molar-refractivity contribution < 1.29 is 14.3 Å². The smallest absolute Gasteiger partial charge is 0.244 e. The van der Waals surface area contributed by atoms with Gasteiger partial charge < -0.3 is 19.4 Å². The van der Waals surface area contributed by atoms with Crippen LogP contribution in [0.3, 0.4) is 0 Å². The minimum Gasteiger partial charge on any atom is -0.497 e. The molecule has 0 bridgehead atoms. The van der Waals surface area contributed by atoms with Crippen LogP contribution in [0, 0.1) is 0 Å². The van der Waals surface area contributed by atoms with Gasteiger partial charge in [-0.3, -0.25) is 9.69 Å². The molecule has 4 heterocycles. The van der Waals surface area contributed by atoms with Gasteiger partial charge in [0.25, 0.3) is 0 Å². The molecule has 2 aliphatic heterocycles. The summed E-state index contributed by atoms with van der Waals surface area (Å²) in [5.74, 6) is 1.54. The molecule has 5 rings (SSSR count). The van der Waals surface area contributed by atoms with Crippen LogP contribution in [0.15, 0.2) is 18.2 Å². The highest BCUT2D eigenvalue weighted by Crippen LogP contribution is 2.30. The lowest BCUT2D eigenvalue weighted by atomic mass is 10.0. The number of benzene rings is 1. The topological polar surface area (TPSA) is 101 Å². The molecule has 1 saturated heterocycles. The number of hydrogen-bond donors (Lipinski definition) is 1. The fourth-order valence-corrected chi connectivity index (χ4v) is 4.18. The summed E-state index contributed by atoms with van der Waals surface area (Å²) in [5, 5.41) is 13.1.